The third-order valence-corrected chi connectivity index (χ3v) is 6.98. The van der Waals surface area contributed by atoms with Crippen LogP contribution in [0.5, 0.6) is 0 Å². The Balaban J connectivity index is 1.35. The summed E-state index contributed by atoms with van der Waals surface area (Å²) in [5.41, 5.74) is 2.44. The van der Waals surface area contributed by atoms with Crippen LogP contribution in [0.3, 0.4) is 0 Å². The molecule has 3 heterocycles. The van der Waals surface area contributed by atoms with Crippen molar-refractivity contribution in [3.8, 4) is 0 Å². The predicted molar refractivity (Wildman–Crippen MR) is 119 cm³/mol. The fourth-order valence-electron chi connectivity index (χ4n) is 4.96. The van der Waals surface area contributed by atoms with Crippen LogP contribution in [0.2, 0.25) is 5.02 Å². The minimum Gasteiger partial charge on any atom is -0.340 e. The summed E-state index contributed by atoms with van der Waals surface area (Å²) < 4.78 is 39.7. The first kappa shape index (κ1) is 21.2. The second kappa shape index (κ2) is 8.03. The average Bonchev–Trinajstić information content (AvgIpc) is 3.20. The van der Waals surface area contributed by atoms with E-state index in [1.165, 1.54) is 12.1 Å². The molecule has 1 fully saturated rings. The maximum atomic E-state index is 13.2. The Hall–Kier alpha value is -2.67. The highest BCUT2D eigenvalue weighted by Gasteiger charge is 2.32. The molecule has 0 saturated heterocycles. The number of aromatic amines is 1. The first-order chi connectivity index (χ1) is 15.3. The molecule has 1 aliphatic rings. The Kier molecular flexibility index (Phi) is 5.32. The molecule has 1 saturated carbocycles. The molecule has 3 aromatic heterocycles. The standard InChI is InChI=1S/C24H22ClF3N4/c1-13(22-31-21-11-17(25)12-30-23(21)32-22)14-2-4-15(5-3-14)18-8-9-29-20-7-6-16(10-19(18)20)24(26,27)28/h6-15H,2-5H2,1H3,(H,30,31,32)/t13?,14-,15+. The summed E-state index contributed by atoms with van der Waals surface area (Å²) in [4.78, 5) is 16.5. The van der Waals surface area contributed by atoms with Crippen LogP contribution in [-0.2, 0) is 6.18 Å². The summed E-state index contributed by atoms with van der Waals surface area (Å²) >= 11 is 6.03. The van der Waals surface area contributed by atoms with Crippen molar-refractivity contribution in [1.82, 2.24) is 19.9 Å². The van der Waals surface area contributed by atoms with Crippen LogP contribution in [0.15, 0.2) is 42.7 Å². The summed E-state index contributed by atoms with van der Waals surface area (Å²) in [5.74, 6) is 1.81. The molecule has 166 valence electrons. The Labute approximate surface area is 188 Å². The Morgan fingerprint density at radius 3 is 2.59 bits per heavy atom. The van der Waals surface area contributed by atoms with Gasteiger partial charge in [0.1, 0.15) is 5.82 Å². The summed E-state index contributed by atoms with van der Waals surface area (Å²) in [6, 6.07) is 7.53. The van der Waals surface area contributed by atoms with Gasteiger partial charge in [0.15, 0.2) is 5.65 Å². The van der Waals surface area contributed by atoms with Gasteiger partial charge in [-0.15, -0.1) is 0 Å². The van der Waals surface area contributed by atoms with Crippen LogP contribution >= 0.6 is 11.6 Å². The summed E-state index contributed by atoms with van der Waals surface area (Å²) in [7, 11) is 0. The van der Waals surface area contributed by atoms with E-state index >= 15 is 0 Å². The van der Waals surface area contributed by atoms with Crippen molar-refractivity contribution in [3.63, 3.8) is 0 Å². The van der Waals surface area contributed by atoms with Crippen molar-refractivity contribution in [1.29, 1.82) is 0 Å². The number of imidazole rings is 1. The molecule has 1 N–H and O–H groups in total. The number of hydrogen-bond donors (Lipinski definition) is 1. The molecule has 4 nitrogen and oxygen atoms in total. The molecular weight excluding hydrogens is 437 g/mol. The van der Waals surface area contributed by atoms with Gasteiger partial charge in [0.05, 0.1) is 21.6 Å². The molecule has 4 aromatic rings. The number of hydrogen-bond acceptors (Lipinski definition) is 3. The van der Waals surface area contributed by atoms with Crippen LogP contribution in [0.4, 0.5) is 13.2 Å². The third-order valence-electron chi connectivity index (χ3n) is 6.78. The quantitative estimate of drug-likeness (QED) is 0.351. The van der Waals surface area contributed by atoms with Gasteiger partial charge in [-0.3, -0.25) is 4.98 Å². The van der Waals surface area contributed by atoms with E-state index < -0.39 is 11.7 Å². The Morgan fingerprint density at radius 1 is 1.06 bits per heavy atom. The van der Waals surface area contributed by atoms with E-state index in [2.05, 4.69) is 26.9 Å². The number of pyridine rings is 2. The zero-order valence-electron chi connectivity index (χ0n) is 17.5. The lowest BCUT2D eigenvalue weighted by molar-refractivity contribution is -0.137. The molecular formula is C24H22ClF3N4. The third kappa shape index (κ3) is 3.94. The van der Waals surface area contributed by atoms with Gasteiger partial charge < -0.3 is 4.98 Å². The van der Waals surface area contributed by atoms with Crippen molar-refractivity contribution < 1.29 is 13.2 Å². The number of halogens is 4. The van der Waals surface area contributed by atoms with Gasteiger partial charge in [0.25, 0.3) is 0 Å². The normalized spacial score (nSPS) is 20.7. The summed E-state index contributed by atoms with van der Waals surface area (Å²) in [6.45, 7) is 2.17. The van der Waals surface area contributed by atoms with Gasteiger partial charge in [-0.05, 0) is 73.4 Å². The molecule has 0 spiro atoms. The number of alkyl halides is 3. The molecule has 0 aliphatic heterocycles. The van der Waals surface area contributed by atoms with E-state index in [9.17, 15) is 13.2 Å². The average molecular weight is 459 g/mol. The lowest BCUT2D eigenvalue weighted by Gasteiger charge is -2.32. The van der Waals surface area contributed by atoms with E-state index in [1.807, 2.05) is 12.1 Å². The van der Waals surface area contributed by atoms with E-state index in [1.54, 1.807) is 12.4 Å². The minimum absolute atomic E-state index is 0.226. The van der Waals surface area contributed by atoms with Crippen molar-refractivity contribution in [2.45, 2.75) is 50.6 Å². The van der Waals surface area contributed by atoms with Crippen LogP contribution < -0.4 is 0 Å². The van der Waals surface area contributed by atoms with Gasteiger partial charge in [0, 0.05) is 23.7 Å². The second-order valence-corrected chi connectivity index (χ2v) is 9.11. The lowest BCUT2D eigenvalue weighted by atomic mass is 9.73. The van der Waals surface area contributed by atoms with Crippen molar-refractivity contribution in [2.75, 3.05) is 0 Å². The highest BCUT2D eigenvalue weighted by molar-refractivity contribution is 6.31. The highest BCUT2D eigenvalue weighted by atomic mass is 35.5. The monoisotopic (exact) mass is 458 g/mol. The van der Waals surface area contributed by atoms with Crippen LogP contribution in [0.25, 0.3) is 22.1 Å². The smallest absolute Gasteiger partial charge is 0.340 e. The number of fused-ring (bicyclic) bond motifs is 2. The first-order valence-corrected chi connectivity index (χ1v) is 11.1. The molecule has 1 unspecified atom stereocenters. The van der Waals surface area contributed by atoms with Crippen LogP contribution in [0.1, 0.15) is 61.4 Å². The molecule has 5 rings (SSSR count). The molecule has 0 bridgehead atoms. The zero-order chi connectivity index (χ0) is 22.5. The molecule has 32 heavy (non-hydrogen) atoms. The van der Waals surface area contributed by atoms with Crippen molar-refractivity contribution in [3.05, 3.63) is 64.7 Å². The molecule has 0 radical (unpaired) electrons. The lowest BCUT2D eigenvalue weighted by Crippen LogP contribution is -2.19. The van der Waals surface area contributed by atoms with Crippen LogP contribution in [-0.4, -0.2) is 19.9 Å². The maximum Gasteiger partial charge on any atom is 0.416 e. The Bertz CT molecular complexity index is 1280. The van der Waals surface area contributed by atoms with Crippen molar-refractivity contribution in [2.24, 2.45) is 5.92 Å². The molecule has 1 aliphatic carbocycles. The summed E-state index contributed by atoms with van der Waals surface area (Å²) in [5, 5.41) is 1.18. The number of aromatic nitrogens is 4. The van der Waals surface area contributed by atoms with Gasteiger partial charge >= 0.3 is 6.18 Å². The largest absolute Gasteiger partial charge is 0.416 e. The van der Waals surface area contributed by atoms with Crippen molar-refractivity contribution >= 4 is 33.7 Å². The zero-order valence-corrected chi connectivity index (χ0v) is 18.2. The van der Waals surface area contributed by atoms with Gasteiger partial charge in [-0.2, -0.15) is 13.2 Å². The molecule has 8 heteroatoms. The topological polar surface area (TPSA) is 54.5 Å². The SMILES string of the molecule is CC(c1nc2ncc(Cl)cc2[nH]1)[C@H]1CC[C@@H](c2ccnc3ccc(C(F)(F)F)cc32)CC1. The number of nitrogens with one attached hydrogen (secondary N) is 1. The fourth-order valence-corrected chi connectivity index (χ4v) is 5.12. The maximum absolute atomic E-state index is 13.2. The number of benzene rings is 1. The fraction of sp³-hybridized carbons (Fsp3) is 0.375. The number of rotatable bonds is 3. The molecule has 1 aromatic carbocycles. The van der Waals surface area contributed by atoms with E-state index in [4.69, 9.17) is 11.6 Å². The van der Waals surface area contributed by atoms with Gasteiger partial charge in [-0.1, -0.05) is 18.5 Å². The minimum atomic E-state index is -4.36. The first-order valence-electron chi connectivity index (χ1n) is 10.8. The summed E-state index contributed by atoms with van der Waals surface area (Å²) in [6.07, 6.45) is 2.75. The van der Waals surface area contributed by atoms with Gasteiger partial charge in [-0.25, -0.2) is 9.97 Å². The number of nitrogens with zero attached hydrogens (tertiary/aromatic N) is 3. The molecule has 0 amide bonds. The van der Waals surface area contributed by atoms with Crippen LogP contribution in [0, 0.1) is 5.92 Å². The Morgan fingerprint density at radius 2 is 1.84 bits per heavy atom. The number of H-pyrrole nitrogens is 1. The van der Waals surface area contributed by atoms with E-state index in [0.29, 0.717) is 27.5 Å². The highest BCUT2D eigenvalue weighted by Crippen LogP contribution is 2.43. The predicted octanol–water partition coefficient (Wildman–Crippen LogP) is 7.26. The van der Waals surface area contributed by atoms with E-state index in [0.717, 1.165) is 48.7 Å². The van der Waals surface area contributed by atoms with Gasteiger partial charge in [0.2, 0.25) is 0 Å². The van der Waals surface area contributed by atoms with E-state index in [-0.39, 0.29) is 11.8 Å². The molecule has 1 atom stereocenters. The second-order valence-electron chi connectivity index (χ2n) is 8.68.